The van der Waals surface area contributed by atoms with Gasteiger partial charge in [-0.25, -0.2) is 19.9 Å². The predicted octanol–water partition coefficient (Wildman–Crippen LogP) is 20.7. The fourth-order valence-corrected chi connectivity index (χ4v) is 11.6. The zero-order valence-corrected chi connectivity index (χ0v) is 48.1. The van der Waals surface area contributed by atoms with Crippen molar-refractivity contribution in [2.75, 3.05) is 13.2 Å². The van der Waals surface area contributed by atoms with Crippen LogP contribution in [0.4, 0.5) is 0 Å². The van der Waals surface area contributed by atoms with Crippen molar-refractivity contribution in [3.05, 3.63) is 84.4 Å². The molecular weight excluding hydrogens is 905 g/mol. The van der Waals surface area contributed by atoms with Gasteiger partial charge in [0.25, 0.3) is 0 Å². The molecule has 6 nitrogen and oxygen atoms in total. The average molecular weight is 1010 g/mol. The van der Waals surface area contributed by atoms with Gasteiger partial charge in [0.05, 0.1) is 13.2 Å². The topological polar surface area (TPSA) is 70.0 Å². The highest BCUT2D eigenvalue weighted by molar-refractivity contribution is 5.56. The molecule has 0 spiro atoms. The van der Waals surface area contributed by atoms with E-state index in [1.54, 1.807) is 0 Å². The fraction of sp³-hybridized carbons (Fsp3) is 0.706. The van der Waals surface area contributed by atoms with Crippen molar-refractivity contribution in [3.63, 3.8) is 0 Å². The Kier molecular flexibility index (Phi) is 32.6. The SMILES string of the molecule is CCCCCCCCCC1CCC(CCc2cnc(-c3ccc(OCCCCCCCC)cc3)nc2)CC1.CCCCCCCCOc1ccc(-c2ncc(CCC3CCC(CCCCCCC)CC3)cn2)cc1. The van der Waals surface area contributed by atoms with Gasteiger partial charge in [0.1, 0.15) is 11.5 Å². The van der Waals surface area contributed by atoms with Crippen LogP contribution in [0.25, 0.3) is 22.8 Å². The van der Waals surface area contributed by atoms with E-state index >= 15 is 0 Å². The minimum absolute atomic E-state index is 0.803. The van der Waals surface area contributed by atoms with Gasteiger partial charge in [0.2, 0.25) is 0 Å². The Morgan fingerprint density at radius 1 is 0.324 bits per heavy atom. The highest BCUT2D eigenvalue weighted by Crippen LogP contribution is 2.36. The average Bonchev–Trinajstić information content (AvgIpc) is 3.45. The molecule has 4 aromatic rings. The van der Waals surface area contributed by atoms with E-state index in [-0.39, 0.29) is 0 Å². The van der Waals surface area contributed by atoms with E-state index in [4.69, 9.17) is 9.47 Å². The highest BCUT2D eigenvalue weighted by atomic mass is 16.5. The molecule has 6 rings (SSSR count). The first-order valence-corrected chi connectivity index (χ1v) is 31.6. The minimum Gasteiger partial charge on any atom is -0.494 e. The Balaban J connectivity index is 0.000000274. The molecule has 0 bridgehead atoms. The molecule has 0 amide bonds. The van der Waals surface area contributed by atoms with E-state index in [1.165, 1.54) is 229 Å². The van der Waals surface area contributed by atoms with Gasteiger partial charge in [-0.05, 0) is 122 Å². The summed E-state index contributed by atoms with van der Waals surface area (Å²) in [5.74, 6) is 7.28. The minimum atomic E-state index is 0.803. The molecule has 0 radical (unpaired) electrons. The summed E-state index contributed by atoms with van der Waals surface area (Å²) in [6.45, 7) is 10.7. The molecule has 0 saturated heterocycles. The van der Waals surface area contributed by atoms with Crippen LogP contribution < -0.4 is 9.47 Å². The maximum absolute atomic E-state index is 5.92. The number of hydrogen-bond acceptors (Lipinski definition) is 6. The first-order valence-electron chi connectivity index (χ1n) is 31.6. The van der Waals surface area contributed by atoms with Crippen LogP contribution in [0, 0.1) is 23.7 Å². The van der Waals surface area contributed by atoms with Crippen molar-refractivity contribution in [2.24, 2.45) is 23.7 Å². The molecule has 2 aromatic carbocycles. The fourth-order valence-electron chi connectivity index (χ4n) is 11.6. The Bertz CT molecular complexity index is 1900. The monoisotopic (exact) mass is 1010 g/mol. The third-order valence-electron chi connectivity index (χ3n) is 16.7. The van der Waals surface area contributed by atoms with Crippen LogP contribution in [-0.2, 0) is 12.8 Å². The summed E-state index contributed by atoms with van der Waals surface area (Å²) < 4.78 is 11.8. The first kappa shape index (κ1) is 61.1. The molecule has 74 heavy (non-hydrogen) atoms. The summed E-state index contributed by atoms with van der Waals surface area (Å²) in [6.07, 6.45) is 60.0. The molecule has 2 fully saturated rings. The number of ether oxygens (including phenoxy) is 2. The van der Waals surface area contributed by atoms with Crippen molar-refractivity contribution >= 4 is 0 Å². The summed E-state index contributed by atoms with van der Waals surface area (Å²) in [5.41, 5.74) is 4.66. The quantitative estimate of drug-likeness (QED) is 0.0417. The summed E-state index contributed by atoms with van der Waals surface area (Å²) >= 11 is 0. The van der Waals surface area contributed by atoms with Crippen LogP contribution in [0.15, 0.2) is 73.3 Å². The summed E-state index contributed by atoms with van der Waals surface area (Å²) in [7, 11) is 0. The number of rotatable bonds is 38. The third kappa shape index (κ3) is 26.3. The third-order valence-corrected chi connectivity index (χ3v) is 16.7. The van der Waals surface area contributed by atoms with Crippen LogP contribution in [0.2, 0.25) is 0 Å². The van der Waals surface area contributed by atoms with E-state index in [0.717, 1.165) is 96.8 Å². The molecular formula is C68H108N4O2. The summed E-state index contributed by atoms with van der Waals surface area (Å²) in [5, 5.41) is 0. The van der Waals surface area contributed by atoms with Crippen molar-refractivity contribution in [1.29, 1.82) is 0 Å². The van der Waals surface area contributed by atoms with Crippen molar-refractivity contribution < 1.29 is 9.47 Å². The van der Waals surface area contributed by atoms with Gasteiger partial charge in [-0.3, -0.25) is 0 Å². The summed E-state index contributed by atoms with van der Waals surface area (Å²) in [4.78, 5) is 18.7. The Labute approximate surface area is 454 Å². The van der Waals surface area contributed by atoms with Crippen LogP contribution in [0.1, 0.15) is 270 Å². The number of aryl methyl sites for hydroxylation is 2. The van der Waals surface area contributed by atoms with Gasteiger partial charge in [0, 0.05) is 35.9 Å². The Morgan fingerprint density at radius 3 is 0.905 bits per heavy atom. The van der Waals surface area contributed by atoms with E-state index in [0.29, 0.717) is 0 Å². The van der Waals surface area contributed by atoms with E-state index in [9.17, 15) is 0 Å². The van der Waals surface area contributed by atoms with E-state index in [1.807, 2.05) is 49.1 Å². The van der Waals surface area contributed by atoms with Gasteiger partial charge in [-0.15, -0.1) is 0 Å². The molecule has 0 unspecified atom stereocenters. The largest absolute Gasteiger partial charge is 0.494 e. The molecule has 2 heterocycles. The number of hydrogen-bond donors (Lipinski definition) is 0. The molecule has 412 valence electrons. The molecule has 2 aromatic heterocycles. The number of aromatic nitrogens is 4. The second-order valence-corrected chi connectivity index (χ2v) is 23.1. The van der Waals surface area contributed by atoms with Gasteiger partial charge in [-0.2, -0.15) is 0 Å². The zero-order valence-electron chi connectivity index (χ0n) is 48.1. The molecule has 0 aliphatic heterocycles. The van der Waals surface area contributed by atoms with Gasteiger partial charge in [0.15, 0.2) is 11.6 Å². The molecule has 0 atom stereocenters. The number of unbranched alkanes of at least 4 members (excludes halogenated alkanes) is 20. The lowest BCUT2D eigenvalue weighted by atomic mass is 9.78. The normalized spacial score (nSPS) is 17.7. The molecule has 2 saturated carbocycles. The van der Waals surface area contributed by atoms with Gasteiger partial charge in [-0.1, -0.05) is 233 Å². The maximum Gasteiger partial charge on any atom is 0.159 e. The number of benzene rings is 2. The van der Waals surface area contributed by atoms with Gasteiger partial charge < -0.3 is 9.47 Å². The van der Waals surface area contributed by atoms with Crippen LogP contribution in [0.3, 0.4) is 0 Å². The second kappa shape index (κ2) is 39.6. The Morgan fingerprint density at radius 2 is 0.595 bits per heavy atom. The highest BCUT2D eigenvalue weighted by Gasteiger charge is 2.22. The molecule has 6 heteroatoms. The van der Waals surface area contributed by atoms with Crippen molar-refractivity contribution in [3.8, 4) is 34.3 Å². The van der Waals surface area contributed by atoms with Gasteiger partial charge >= 0.3 is 0 Å². The Hall–Kier alpha value is -3.80. The summed E-state index contributed by atoms with van der Waals surface area (Å²) in [6, 6.07) is 16.5. The standard InChI is InChI=1S/C35H56N2O.C33H52N2O/c1-3-5-7-9-11-12-14-16-30-17-19-31(20-18-30)21-22-32-28-36-35(37-29-32)33-23-25-34(26-24-33)38-27-15-13-10-8-6-4-2;1-3-5-7-9-11-13-25-36-32-23-21-31(22-24-32)33-34-26-30(27-35-33)20-19-29-17-15-28(16-18-29)14-12-10-8-6-4-2/h23-26,28-31H,3-22,27H2,1-2H3;21-24,26-29H,3-20,25H2,1-2H3. The molecule has 0 N–H and O–H groups in total. The van der Waals surface area contributed by atoms with Crippen LogP contribution in [-0.4, -0.2) is 33.1 Å². The lowest BCUT2D eigenvalue weighted by Crippen LogP contribution is -2.15. The lowest BCUT2D eigenvalue weighted by Gasteiger charge is -2.28. The predicted molar refractivity (Wildman–Crippen MR) is 316 cm³/mol. The number of nitrogens with zero attached hydrogens (tertiary/aromatic N) is 4. The first-order chi connectivity index (χ1) is 36.6. The van der Waals surface area contributed by atoms with Crippen molar-refractivity contribution in [1.82, 2.24) is 19.9 Å². The zero-order chi connectivity index (χ0) is 51.9. The van der Waals surface area contributed by atoms with E-state index in [2.05, 4.69) is 71.9 Å². The molecule has 2 aliphatic rings. The lowest BCUT2D eigenvalue weighted by molar-refractivity contribution is 0.248. The second-order valence-electron chi connectivity index (χ2n) is 23.1. The smallest absolute Gasteiger partial charge is 0.159 e. The van der Waals surface area contributed by atoms with Crippen LogP contribution in [0.5, 0.6) is 11.5 Å². The van der Waals surface area contributed by atoms with Crippen molar-refractivity contribution in [2.45, 2.75) is 272 Å². The van der Waals surface area contributed by atoms with Crippen LogP contribution >= 0.6 is 0 Å². The molecule has 2 aliphatic carbocycles. The van der Waals surface area contributed by atoms with E-state index < -0.39 is 0 Å². The maximum atomic E-state index is 5.92.